The van der Waals surface area contributed by atoms with Crippen molar-refractivity contribution in [1.82, 2.24) is 0 Å². The van der Waals surface area contributed by atoms with E-state index in [0.717, 1.165) is 33.0 Å². The third-order valence-corrected chi connectivity index (χ3v) is 5.57. The van der Waals surface area contributed by atoms with Crippen LogP contribution < -0.4 is 10.2 Å². The predicted molar refractivity (Wildman–Crippen MR) is 126 cm³/mol. The molecule has 5 aromatic rings. The molecule has 3 nitrogen and oxygen atoms in total. The average Bonchev–Trinajstić information content (AvgIpc) is 2.79. The zero-order valence-electron chi connectivity index (χ0n) is 17.5. The monoisotopic (exact) mass is 406 g/mol. The SMILES string of the molecule is Cc1ccc(-c2oc3cc(C)ccc3c(=O)c2OCc2cccc3ccccc23)cc1. The number of benzene rings is 4. The first kappa shape index (κ1) is 19.1. The van der Waals surface area contributed by atoms with Gasteiger partial charge in [0.15, 0.2) is 5.76 Å². The van der Waals surface area contributed by atoms with E-state index >= 15 is 0 Å². The van der Waals surface area contributed by atoms with Gasteiger partial charge in [0.1, 0.15) is 12.2 Å². The molecule has 0 fully saturated rings. The second-order valence-corrected chi connectivity index (χ2v) is 7.88. The summed E-state index contributed by atoms with van der Waals surface area (Å²) in [6.45, 7) is 4.29. The van der Waals surface area contributed by atoms with Crippen molar-refractivity contribution in [3.8, 4) is 17.1 Å². The highest BCUT2D eigenvalue weighted by Gasteiger charge is 2.18. The molecule has 0 spiro atoms. The van der Waals surface area contributed by atoms with Gasteiger partial charge < -0.3 is 9.15 Å². The molecule has 0 N–H and O–H groups in total. The van der Waals surface area contributed by atoms with E-state index in [4.69, 9.17) is 9.15 Å². The van der Waals surface area contributed by atoms with Crippen molar-refractivity contribution in [2.45, 2.75) is 20.5 Å². The van der Waals surface area contributed by atoms with Crippen LogP contribution in [0.1, 0.15) is 16.7 Å². The lowest BCUT2D eigenvalue weighted by molar-refractivity contribution is 0.299. The van der Waals surface area contributed by atoms with Crippen LogP contribution in [0, 0.1) is 13.8 Å². The van der Waals surface area contributed by atoms with Crippen LogP contribution in [-0.4, -0.2) is 0 Å². The summed E-state index contributed by atoms with van der Waals surface area (Å²) in [6.07, 6.45) is 0. The van der Waals surface area contributed by atoms with Gasteiger partial charge in [-0.25, -0.2) is 0 Å². The highest BCUT2D eigenvalue weighted by Crippen LogP contribution is 2.32. The van der Waals surface area contributed by atoms with Crippen molar-refractivity contribution in [3.05, 3.63) is 112 Å². The van der Waals surface area contributed by atoms with Crippen molar-refractivity contribution in [1.29, 1.82) is 0 Å². The Morgan fingerprint density at radius 2 is 1.52 bits per heavy atom. The van der Waals surface area contributed by atoms with Crippen LogP contribution in [0.5, 0.6) is 5.75 Å². The molecule has 0 aliphatic heterocycles. The molecular formula is C28H22O3. The van der Waals surface area contributed by atoms with Gasteiger partial charge in [0.2, 0.25) is 11.2 Å². The Kier molecular flexibility index (Phi) is 4.79. The molecule has 5 rings (SSSR count). The number of rotatable bonds is 4. The van der Waals surface area contributed by atoms with Crippen molar-refractivity contribution < 1.29 is 9.15 Å². The quantitative estimate of drug-likeness (QED) is 0.329. The molecule has 0 saturated carbocycles. The topological polar surface area (TPSA) is 39.4 Å². The molecule has 0 aliphatic rings. The van der Waals surface area contributed by atoms with Crippen molar-refractivity contribution >= 4 is 21.7 Å². The van der Waals surface area contributed by atoms with Crippen LogP contribution in [-0.2, 0) is 6.61 Å². The summed E-state index contributed by atoms with van der Waals surface area (Å²) in [5.74, 6) is 0.705. The fourth-order valence-corrected chi connectivity index (χ4v) is 3.88. The van der Waals surface area contributed by atoms with Crippen LogP contribution in [0.3, 0.4) is 0 Å². The highest BCUT2D eigenvalue weighted by molar-refractivity contribution is 5.86. The van der Waals surface area contributed by atoms with Gasteiger partial charge in [0.25, 0.3) is 0 Å². The molecule has 1 aromatic heterocycles. The molecular weight excluding hydrogens is 384 g/mol. The number of fused-ring (bicyclic) bond motifs is 2. The van der Waals surface area contributed by atoms with Crippen molar-refractivity contribution in [2.24, 2.45) is 0 Å². The summed E-state index contributed by atoms with van der Waals surface area (Å²) in [4.78, 5) is 13.4. The standard InChI is InChI=1S/C28H22O3/c1-18-10-13-21(14-11-18)27-28(26(29)24-15-12-19(2)16-25(24)31-27)30-17-22-8-5-7-20-6-3-4-9-23(20)22/h3-16H,17H2,1-2H3. The number of ether oxygens (including phenoxy) is 1. The third-order valence-electron chi connectivity index (χ3n) is 5.57. The van der Waals surface area contributed by atoms with Gasteiger partial charge in [-0.2, -0.15) is 0 Å². The third kappa shape index (κ3) is 3.59. The van der Waals surface area contributed by atoms with E-state index in [9.17, 15) is 4.79 Å². The van der Waals surface area contributed by atoms with E-state index < -0.39 is 0 Å². The average molecular weight is 406 g/mol. The molecule has 4 aromatic carbocycles. The Hall–Kier alpha value is -3.85. The molecule has 0 atom stereocenters. The van der Waals surface area contributed by atoms with E-state index in [1.54, 1.807) is 6.07 Å². The number of hydrogen-bond acceptors (Lipinski definition) is 3. The Morgan fingerprint density at radius 3 is 2.35 bits per heavy atom. The lowest BCUT2D eigenvalue weighted by atomic mass is 10.1. The lowest BCUT2D eigenvalue weighted by Gasteiger charge is -2.13. The van der Waals surface area contributed by atoms with Gasteiger partial charge in [-0.15, -0.1) is 0 Å². The van der Waals surface area contributed by atoms with Crippen molar-refractivity contribution in [2.75, 3.05) is 0 Å². The van der Waals surface area contributed by atoms with E-state index in [-0.39, 0.29) is 17.8 Å². The summed E-state index contributed by atoms with van der Waals surface area (Å²) in [6, 6.07) is 27.8. The van der Waals surface area contributed by atoms with Crippen LogP contribution in [0.15, 0.2) is 94.1 Å². The Labute approximate surface area is 180 Å². The normalized spacial score (nSPS) is 11.2. The number of hydrogen-bond donors (Lipinski definition) is 0. The summed E-state index contributed by atoms with van der Waals surface area (Å²) in [5.41, 5.74) is 4.43. The molecule has 31 heavy (non-hydrogen) atoms. The maximum absolute atomic E-state index is 13.4. The van der Waals surface area contributed by atoms with Gasteiger partial charge in [-0.1, -0.05) is 78.4 Å². The Bertz CT molecular complexity index is 1450. The second-order valence-electron chi connectivity index (χ2n) is 7.88. The molecule has 3 heteroatoms. The van der Waals surface area contributed by atoms with Gasteiger partial charge in [-0.05, 0) is 47.9 Å². The first-order chi connectivity index (χ1) is 15.1. The van der Waals surface area contributed by atoms with Crippen molar-refractivity contribution in [3.63, 3.8) is 0 Å². The maximum atomic E-state index is 13.4. The molecule has 0 bridgehead atoms. The zero-order valence-corrected chi connectivity index (χ0v) is 17.5. The van der Waals surface area contributed by atoms with Crippen LogP contribution >= 0.6 is 0 Å². The van der Waals surface area contributed by atoms with Gasteiger partial charge in [0, 0.05) is 5.56 Å². The van der Waals surface area contributed by atoms with E-state index in [2.05, 4.69) is 18.2 Å². The van der Waals surface area contributed by atoms with E-state index in [0.29, 0.717) is 16.7 Å². The summed E-state index contributed by atoms with van der Waals surface area (Å²) in [5, 5.41) is 2.78. The largest absolute Gasteiger partial charge is 0.481 e. The number of aryl methyl sites for hydroxylation is 2. The fraction of sp³-hybridized carbons (Fsp3) is 0.107. The minimum atomic E-state index is -0.155. The van der Waals surface area contributed by atoms with Gasteiger partial charge in [-0.3, -0.25) is 4.79 Å². The smallest absolute Gasteiger partial charge is 0.235 e. The maximum Gasteiger partial charge on any atom is 0.235 e. The molecule has 0 unspecified atom stereocenters. The molecule has 0 radical (unpaired) electrons. The van der Waals surface area contributed by atoms with Gasteiger partial charge >= 0.3 is 0 Å². The summed E-state index contributed by atoms with van der Waals surface area (Å²) in [7, 11) is 0. The molecule has 0 amide bonds. The second kappa shape index (κ2) is 7.77. The lowest BCUT2D eigenvalue weighted by Crippen LogP contribution is -2.10. The predicted octanol–water partition coefficient (Wildman–Crippen LogP) is 6.81. The summed E-state index contributed by atoms with van der Waals surface area (Å²) >= 11 is 0. The minimum Gasteiger partial charge on any atom is -0.481 e. The minimum absolute atomic E-state index is 0.155. The molecule has 1 heterocycles. The zero-order chi connectivity index (χ0) is 21.4. The van der Waals surface area contributed by atoms with Crippen LogP contribution in [0.25, 0.3) is 33.1 Å². The Balaban J connectivity index is 1.65. The first-order valence-electron chi connectivity index (χ1n) is 10.3. The van der Waals surface area contributed by atoms with E-state index in [1.165, 1.54) is 0 Å². The molecule has 152 valence electrons. The Morgan fingerprint density at radius 1 is 0.774 bits per heavy atom. The fourth-order valence-electron chi connectivity index (χ4n) is 3.88. The molecule has 0 saturated heterocycles. The highest BCUT2D eigenvalue weighted by atomic mass is 16.5. The van der Waals surface area contributed by atoms with Crippen LogP contribution in [0.2, 0.25) is 0 Å². The first-order valence-corrected chi connectivity index (χ1v) is 10.3. The van der Waals surface area contributed by atoms with Gasteiger partial charge in [0.05, 0.1) is 5.39 Å². The summed E-state index contributed by atoms with van der Waals surface area (Å²) < 4.78 is 12.4. The molecule has 0 aliphatic carbocycles. The van der Waals surface area contributed by atoms with E-state index in [1.807, 2.05) is 74.5 Å². The van der Waals surface area contributed by atoms with Crippen LogP contribution in [0.4, 0.5) is 0 Å².